The van der Waals surface area contributed by atoms with E-state index in [4.69, 9.17) is 4.74 Å². The van der Waals surface area contributed by atoms with Crippen molar-refractivity contribution in [2.45, 2.75) is 24.4 Å². The van der Waals surface area contributed by atoms with Crippen molar-refractivity contribution in [1.29, 1.82) is 0 Å². The number of nitrogens with zero attached hydrogens (tertiary/aromatic N) is 1. The maximum atomic E-state index is 12.9. The zero-order valence-corrected chi connectivity index (χ0v) is 7.73. The average molecular weight is 179 g/mol. The van der Waals surface area contributed by atoms with E-state index in [0.717, 1.165) is 12.8 Å². The molecule has 1 fully saturated rings. The van der Waals surface area contributed by atoms with E-state index in [9.17, 15) is 4.39 Å². The normalized spacial score (nSPS) is 32.7. The molecule has 2 nitrogen and oxygen atoms in total. The molecule has 0 aromatic heterocycles. The van der Waals surface area contributed by atoms with Gasteiger partial charge < -0.3 is 4.74 Å². The highest BCUT2D eigenvalue weighted by molar-refractivity contribution is 7.97. The summed E-state index contributed by atoms with van der Waals surface area (Å²) in [6.07, 6.45) is 0.826. The molecule has 1 heterocycles. The Morgan fingerprint density at radius 1 is 1.55 bits per heavy atom. The fourth-order valence-corrected chi connectivity index (χ4v) is 2.08. The maximum Gasteiger partial charge on any atom is 0.212 e. The molecule has 0 aliphatic carbocycles. The molecule has 0 bridgehead atoms. The van der Waals surface area contributed by atoms with Crippen LogP contribution in [0, 0.1) is 0 Å². The number of hydrogen-bond donors (Lipinski definition) is 0. The van der Waals surface area contributed by atoms with Gasteiger partial charge in [0.15, 0.2) is 0 Å². The van der Waals surface area contributed by atoms with Crippen molar-refractivity contribution < 1.29 is 9.13 Å². The van der Waals surface area contributed by atoms with Gasteiger partial charge in [-0.2, -0.15) is 0 Å². The Bertz CT molecular complexity index is 123. The monoisotopic (exact) mass is 179 g/mol. The summed E-state index contributed by atoms with van der Waals surface area (Å²) < 4.78 is 19.7. The Kier molecular flexibility index (Phi) is 3.62. The van der Waals surface area contributed by atoms with Crippen molar-refractivity contribution in [3.8, 4) is 0 Å². The highest BCUT2D eigenvalue weighted by Gasteiger charge is 2.26. The molecular weight excluding hydrogens is 165 g/mol. The minimum absolute atomic E-state index is 0.00116. The van der Waals surface area contributed by atoms with Crippen LogP contribution in [0.5, 0.6) is 0 Å². The van der Waals surface area contributed by atoms with Gasteiger partial charge in [0.1, 0.15) is 0 Å². The van der Waals surface area contributed by atoms with Gasteiger partial charge in [-0.3, -0.25) is 4.31 Å². The molecule has 0 radical (unpaired) electrons. The van der Waals surface area contributed by atoms with Crippen LogP contribution in [-0.2, 0) is 4.74 Å². The van der Waals surface area contributed by atoms with Crippen LogP contribution in [0.2, 0.25) is 0 Å². The summed E-state index contributed by atoms with van der Waals surface area (Å²) in [7, 11) is 3.85. The van der Waals surface area contributed by atoms with Crippen LogP contribution >= 0.6 is 11.9 Å². The lowest BCUT2D eigenvalue weighted by atomic mass is 10.2. The smallest absolute Gasteiger partial charge is 0.212 e. The highest BCUT2D eigenvalue weighted by Crippen LogP contribution is 2.27. The van der Waals surface area contributed by atoms with Crippen LogP contribution in [-0.4, -0.2) is 36.6 Å². The van der Waals surface area contributed by atoms with Gasteiger partial charge in [0.2, 0.25) is 6.36 Å². The quantitative estimate of drug-likeness (QED) is 0.598. The van der Waals surface area contributed by atoms with E-state index < -0.39 is 6.36 Å². The maximum absolute atomic E-state index is 12.9. The van der Waals surface area contributed by atoms with Crippen LogP contribution in [0.15, 0.2) is 0 Å². The summed E-state index contributed by atoms with van der Waals surface area (Å²) in [4.78, 5) is 0. The van der Waals surface area contributed by atoms with E-state index in [2.05, 4.69) is 0 Å². The van der Waals surface area contributed by atoms with Crippen molar-refractivity contribution in [3.05, 3.63) is 0 Å². The zero-order valence-electron chi connectivity index (χ0n) is 6.92. The summed E-state index contributed by atoms with van der Waals surface area (Å²) >= 11 is 1.52. The summed E-state index contributed by atoms with van der Waals surface area (Å²) in [6, 6.07) is 0. The van der Waals surface area contributed by atoms with E-state index in [-0.39, 0.29) is 5.25 Å². The van der Waals surface area contributed by atoms with E-state index in [1.807, 2.05) is 18.4 Å². The van der Waals surface area contributed by atoms with Crippen molar-refractivity contribution in [2.75, 3.05) is 20.7 Å². The van der Waals surface area contributed by atoms with Gasteiger partial charge in [-0.05, 0) is 26.9 Å². The van der Waals surface area contributed by atoms with Crippen LogP contribution in [0.4, 0.5) is 4.39 Å². The molecule has 4 heteroatoms. The van der Waals surface area contributed by atoms with Gasteiger partial charge in [0.25, 0.3) is 0 Å². The van der Waals surface area contributed by atoms with Crippen LogP contribution in [0.25, 0.3) is 0 Å². The average Bonchev–Trinajstić information content (AvgIpc) is 1.93. The minimum atomic E-state index is -1.07. The second kappa shape index (κ2) is 4.28. The van der Waals surface area contributed by atoms with E-state index in [0.29, 0.717) is 6.61 Å². The molecule has 0 aromatic carbocycles. The predicted octanol–water partition coefficient (Wildman–Crippen LogP) is 1.67. The van der Waals surface area contributed by atoms with Crippen molar-refractivity contribution in [3.63, 3.8) is 0 Å². The van der Waals surface area contributed by atoms with Gasteiger partial charge >= 0.3 is 0 Å². The second-order valence-electron chi connectivity index (χ2n) is 2.82. The molecule has 0 amide bonds. The number of alkyl halides is 1. The topological polar surface area (TPSA) is 12.5 Å². The van der Waals surface area contributed by atoms with Crippen molar-refractivity contribution >= 4 is 11.9 Å². The van der Waals surface area contributed by atoms with Gasteiger partial charge in [-0.15, -0.1) is 0 Å². The molecule has 1 rings (SSSR count). The Labute approximate surface area is 71.2 Å². The zero-order chi connectivity index (χ0) is 8.27. The third-order valence-corrected chi connectivity index (χ3v) is 2.69. The molecule has 1 saturated heterocycles. The molecule has 1 aliphatic rings. The summed E-state index contributed by atoms with van der Waals surface area (Å²) in [5, 5.41) is -0.00116. The second-order valence-corrected chi connectivity index (χ2v) is 4.37. The summed E-state index contributed by atoms with van der Waals surface area (Å²) in [5.74, 6) is 0. The van der Waals surface area contributed by atoms with Gasteiger partial charge in [0, 0.05) is 0 Å². The lowest BCUT2D eigenvalue weighted by molar-refractivity contribution is -0.0631. The largest absolute Gasteiger partial charge is 0.347 e. The first kappa shape index (κ1) is 9.29. The number of halogens is 1. The molecule has 1 aliphatic heterocycles. The molecule has 0 N–H and O–H groups in total. The summed E-state index contributed by atoms with van der Waals surface area (Å²) in [5.41, 5.74) is 0. The lowest BCUT2D eigenvalue weighted by Crippen LogP contribution is -2.30. The molecule has 2 atom stereocenters. The number of rotatable bonds is 2. The Morgan fingerprint density at radius 2 is 2.27 bits per heavy atom. The SMILES string of the molecule is CN(C)S[C@@H]1CCCO[C@H]1F. The molecule has 11 heavy (non-hydrogen) atoms. The van der Waals surface area contributed by atoms with E-state index >= 15 is 0 Å². The fraction of sp³-hybridized carbons (Fsp3) is 1.00. The lowest BCUT2D eigenvalue weighted by Gasteiger charge is -2.27. The van der Waals surface area contributed by atoms with E-state index in [1.54, 1.807) is 0 Å². The summed E-state index contributed by atoms with van der Waals surface area (Å²) in [6.45, 7) is 0.575. The molecular formula is C7H14FNOS. The molecule has 0 aromatic rings. The van der Waals surface area contributed by atoms with Gasteiger partial charge in [-0.25, -0.2) is 4.39 Å². The Morgan fingerprint density at radius 3 is 2.82 bits per heavy atom. The minimum Gasteiger partial charge on any atom is -0.347 e. The molecule has 66 valence electrons. The van der Waals surface area contributed by atoms with Crippen molar-refractivity contribution in [1.82, 2.24) is 4.31 Å². The number of ether oxygens (including phenoxy) is 1. The predicted molar refractivity (Wildman–Crippen MR) is 45.1 cm³/mol. The fourth-order valence-electron chi connectivity index (χ4n) is 1.09. The van der Waals surface area contributed by atoms with E-state index in [1.165, 1.54) is 11.9 Å². The third kappa shape index (κ3) is 2.97. The molecule has 0 unspecified atom stereocenters. The first-order valence-electron chi connectivity index (χ1n) is 3.80. The standard InChI is InChI=1S/C7H14FNOS/c1-9(2)11-6-4-3-5-10-7(6)8/h6-7H,3-5H2,1-2H3/t6-,7-/m1/s1. The van der Waals surface area contributed by atoms with Crippen LogP contribution in [0.3, 0.4) is 0 Å². The van der Waals surface area contributed by atoms with Gasteiger partial charge in [0.05, 0.1) is 11.9 Å². The molecule has 0 saturated carbocycles. The number of hydrogen-bond acceptors (Lipinski definition) is 3. The highest BCUT2D eigenvalue weighted by atomic mass is 32.2. The first-order chi connectivity index (χ1) is 5.20. The molecule has 0 spiro atoms. The van der Waals surface area contributed by atoms with Gasteiger partial charge in [-0.1, -0.05) is 11.9 Å². The van der Waals surface area contributed by atoms with Crippen LogP contribution in [0.1, 0.15) is 12.8 Å². The Hall–Kier alpha value is 0.200. The van der Waals surface area contributed by atoms with Crippen molar-refractivity contribution in [2.24, 2.45) is 0 Å². The first-order valence-corrected chi connectivity index (χ1v) is 4.63. The third-order valence-electron chi connectivity index (χ3n) is 1.55. The van der Waals surface area contributed by atoms with Crippen LogP contribution < -0.4 is 0 Å². The Balaban J connectivity index is 2.29.